The molecular formula is C20H27N3O2. The summed E-state index contributed by atoms with van der Waals surface area (Å²) < 4.78 is 5.92. The van der Waals surface area contributed by atoms with Gasteiger partial charge in [0.2, 0.25) is 5.91 Å². The number of aromatic amines is 1. The zero-order valence-electron chi connectivity index (χ0n) is 15.1. The van der Waals surface area contributed by atoms with E-state index in [0.29, 0.717) is 19.0 Å². The Hall–Kier alpha value is -1.85. The van der Waals surface area contributed by atoms with Crippen molar-refractivity contribution in [3.05, 3.63) is 35.0 Å². The maximum atomic E-state index is 12.5. The lowest BCUT2D eigenvalue weighted by molar-refractivity contribution is -0.121. The van der Waals surface area contributed by atoms with E-state index in [9.17, 15) is 4.79 Å². The molecule has 2 saturated heterocycles. The number of amides is 1. The number of H-pyrrole nitrogens is 1. The van der Waals surface area contributed by atoms with Gasteiger partial charge in [-0.1, -0.05) is 11.6 Å². The summed E-state index contributed by atoms with van der Waals surface area (Å²) in [6.07, 6.45) is 3.04. The monoisotopic (exact) mass is 341 g/mol. The normalized spacial score (nSPS) is 23.8. The Morgan fingerprint density at radius 3 is 3.16 bits per heavy atom. The minimum absolute atomic E-state index is 0.0673. The van der Waals surface area contributed by atoms with Crippen LogP contribution in [0.1, 0.15) is 29.7 Å². The van der Waals surface area contributed by atoms with E-state index in [0.717, 1.165) is 35.3 Å². The Morgan fingerprint density at radius 2 is 2.28 bits per heavy atom. The quantitative estimate of drug-likeness (QED) is 0.897. The second-order valence-electron chi connectivity index (χ2n) is 7.50. The molecule has 4 rings (SSSR count). The highest BCUT2D eigenvalue weighted by molar-refractivity contribution is 5.90. The number of ether oxygens (including phenoxy) is 1. The zero-order valence-corrected chi connectivity index (χ0v) is 15.1. The van der Waals surface area contributed by atoms with E-state index in [1.165, 1.54) is 24.9 Å². The highest BCUT2D eigenvalue weighted by Gasteiger charge is 2.32. The van der Waals surface area contributed by atoms with Crippen LogP contribution in [0.15, 0.2) is 18.2 Å². The van der Waals surface area contributed by atoms with Crippen LogP contribution in [0, 0.1) is 13.8 Å². The van der Waals surface area contributed by atoms with E-state index in [1.54, 1.807) is 0 Å². The molecule has 5 nitrogen and oxygen atoms in total. The second-order valence-corrected chi connectivity index (χ2v) is 7.50. The van der Waals surface area contributed by atoms with E-state index in [-0.39, 0.29) is 12.0 Å². The van der Waals surface area contributed by atoms with Gasteiger partial charge in [0.1, 0.15) is 0 Å². The van der Waals surface area contributed by atoms with Crippen molar-refractivity contribution in [3.63, 3.8) is 0 Å². The average Bonchev–Trinajstić information content (AvgIpc) is 3.17. The highest BCUT2D eigenvalue weighted by atomic mass is 16.5. The Balaban J connectivity index is 1.36. The smallest absolute Gasteiger partial charge is 0.224 e. The molecule has 2 aliphatic heterocycles. The standard InChI is InChI=1S/C20H27N3O2/c1-13-5-6-19-18(8-13)17(14(2)22-19)9-20(24)21-10-16-11-23-7-3-4-15(23)12-25-16/h5-6,8,15-16,22H,3-4,7,9-12H2,1-2H3,(H,21,24). The molecule has 5 heteroatoms. The maximum absolute atomic E-state index is 12.5. The average molecular weight is 341 g/mol. The topological polar surface area (TPSA) is 57.4 Å². The SMILES string of the molecule is Cc1ccc2[nH]c(C)c(CC(=O)NCC3CN4CCCC4CO3)c2c1. The van der Waals surface area contributed by atoms with Crippen molar-refractivity contribution in [3.8, 4) is 0 Å². The van der Waals surface area contributed by atoms with Gasteiger partial charge in [-0.15, -0.1) is 0 Å². The first-order valence-electron chi connectivity index (χ1n) is 9.30. The van der Waals surface area contributed by atoms with Crippen LogP contribution in [0.4, 0.5) is 0 Å². The summed E-state index contributed by atoms with van der Waals surface area (Å²) in [5.41, 5.74) is 4.48. The second kappa shape index (κ2) is 6.81. The molecule has 25 heavy (non-hydrogen) atoms. The van der Waals surface area contributed by atoms with Crippen molar-refractivity contribution in [2.45, 2.75) is 45.3 Å². The number of aromatic nitrogens is 1. The minimum Gasteiger partial charge on any atom is -0.373 e. The molecule has 2 aromatic rings. The van der Waals surface area contributed by atoms with Gasteiger partial charge in [-0.25, -0.2) is 0 Å². The van der Waals surface area contributed by atoms with Gasteiger partial charge >= 0.3 is 0 Å². The first-order chi connectivity index (χ1) is 12.1. The van der Waals surface area contributed by atoms with E-state index < -0.39 is 0 Å². The Morgan fingerprint density at radius 1 is 1.40 bits per heavy atom. The Bertz CT molecular complexity index is 783. The number of carbonyl (C=O) groups is 1. The first kappa shape index (κ1) is 16.6. The molecule has 2 atom stereocenters. The first-order valence-corrected chi connectivity index (χ1v) is 9.30. The fraction of sp³-hybridized carbons (Fsp3) is 0.550. The van der Waals surface area contributed by atoms with Gasteiger partial charge in [0, 0.05) is 35.7 Å². The molecule has 2 aliphatic rings. The molecule has 0 radical (unpaired) electrons. The molecule has 0 aliphatic carbocycles. The van der Waals surface area contributed by atoms with Crippen LogP contribution in [-0.4, -0.2) is 54.2 Å². The van der Waals surface area contributed by atoms with E-state index >= 15 is 0 Å². The lowest BCUT2D eigenvalue weighted by atomic mass is 10.1. The van der Waals surface area contributed by atoms with Crippen molar-refractivity contribution in [2.75, 3.05) is 26.2 Å². The summed E-state index contributed by atoms with van der Waals surface area (Å²) in [5, 5.41) is 4.23. The third-order valence-electron chi connectivity index (χ3n) is 5.60. The van der Waals surface area contributed by atoms with E-state index in [1.807, 2.05) is 6.92 Å². The number of hydrogen-bond donors (Lipinski definition) is 2. The van der Waals surface area contributed by atoms with Gasteiger partial charge in [0.15, 0.2) is 0 Å². The van der Waals surface area contributed by atoms with Crippen molar-refractivity contribution >= 4 is 16.8 Å². The van der Waals surface area contributed by atoms with Gasteiger partial charge in [-0.2, -0.15) is 0 Å². The molecular weight excluding hydrogens is 314 g/mol. The van der Waals surface area contributed by atoms with Gasteiger partial charge in [0.25, 0.3) is 0 Å². The Labute approximate surface area is 148 Å². The van der Waals surface area contributed by atoms with Crippen LogP contribution < -0.4 is 5.32 Å². The number of carbonyl (C=O) groups excluding carboxylic acids is 1. The van der Waals surface area contributed by atoms with Crippen molar-refractivity contribution < 1.29 is 9.53 Å². The largest absolute Gasteiger partial charge is 0.373 e. The van der Waals surface area contributed by atoms with Crippen molar-refractivity contribution in [1.29, 1.82) is 0 Å². The van der Waals surface area contributed by atoms with Gasteiger partial charge in [-0.05, 0) is 50.9 Å². The molecule has 2 N–H and O–H groups in total. The number of fused-ring (bicyclic) bond motifs is 2. The highest BCUT2D eigenvalue weighted by Crippen LogP contribution is 2.24. The molecule has 3 heterocycles. The summed E-state index contributed by atoms with van der Waals surface area (Å²) in [7, 11) is 0. The molecule has 2 unspecified atom stereocenters. The number of morpholine rings is 1. The fourth-order valence-electron chi connectivity index (χ4n) is 4.18. The molecule has 0 saturated carbocycles. The van der Waals surface area contributed by atoms with Crippen molar-refractivity contribution in [1.82, 2.24) is 15.2 Å². The molecule has 1 aromatic carbocycles. The van der Waals surface area contributed by atoms with Crippen LogP contribution in [0.3, 0.4) is 0 Å². The molecule has 2 fully saturated rings. The molecule has 0 spiro atoms. The number of hydrogen-bond acceptors (Lipinski definition) is 3. The summed E-state index contributed by atoms with van der Waals surface area (Å²) in [5.74, 6) is 0.0673. The van der Waals surface area contributed by atoms with Crippen LogP contribution in [-0.2, 0) is 16.0 Å². The minimum atomic E-state index is 0.0673. The number of nitrogens with zero attached hydrogens (tertiary/aromatic N) is 1. The summed E-state index contributed by atoms with van der Waals surface area (Å²) in [6, 6.07) is 6.93. The van der Waals surface area contributed by atoms with Crippen LogP contribution >= 0.6 is 0 Å². The van der Waals surface area contributed by atoms with Crippen molar-refractivity contribution in [2.24, 2.45) is 0 Å². The van der Waals surface area contributed by atoms with Crippen LogP contribution in [0.5, 0.6) is 0 Å². The van der Waals surface area contributed by atoms with Gasteiger partial charge in [0.05, 0.1) is 19.1 Å². The number of nitrogens with one attached hydrogen (secondary N) is 2. The van der Waals surface area contributed by atoms with Gasteiger partial charge in [-0.3, -0.25) is 9.69 Å². The number of benzene rings is 1. The van der Waals surface area contributed by atoms with E-state index in [2.05, 4.69) is 40.3 Å². The zero-order chi connectivity index (χ0) is 17.4. The van der Waals surface area contributed by atoms with E-state index in [4.69, 9.17) is 4.74 Å². The molecule has 134 valence electrons. The number of aryl methyl sites for hydroxylation is 2. The predicted octanol–water partition coefficient (Wildman–Crippen LogP) is 2.31. The summed E-state index contributed by atoms with van der Waals surface area (Å²) >= 11 is 0. The molecule has 1 amide bonds. The summed E-state index contributed by atoms with van der Waals surface area (Å²) in [4.78, 5) is 18.4. The van der Waals surface area contributed by atoms with Gasteiger partial charge < -0.3 is 15.0 Å². The predicted molar refractivity (Wildman–Crippen MR) is 98.8 cm³/mol. The van der Waals surface area contributed by atoms with Crippen LogP contribution in [0.2, 0.25) is 0 Å². The third kappa shape index (κ3) is 3.44. The molecule has 0 bridgehead atoms. The fourth-order valence-corrected chi connectivity index (χ4v) is 4.18. The summed E-state index contributed by atoms with van der Waals surface area (Å²) in [6.45, 7) is 7.64. The molecule has 1 aromatic heterocycles. The lowest BCUT2D eigenvalue weighted by Crippen LogP contribution is -2.50. The number of rotatable bonds is 4. The van der Waals surface area contributed by atoms with Crippen LogP contribution in [0.25, 0.3) is 10.9 Å². The lowest BCUT2D eigenvalue weighted by Gasteiger charge is -2.35. The Kier molecular flexibility index (Phi) is 4.52. The maximum Gasteiger partial charge on any atom is 0.224 e. The third-order valence-corrected chi connectivity index (χ3v) is 5.60.